The van der Waals surface area contributed by atoms with Gasteiger partial charge in [0.2, 0.25) is 11.8 Å². The lowest BCUT2D eigenvalue weighted by atomic mass is 9.63. The molecule has 2 saturated carbocycles. The molecule has 1 saturated heterocycles. The van der Waals surface area contributed by atoms with Gasteiger partial charge >= 0.3 is 0 Å². The molecule has 0 radical (unpaired) electrons. The van der Waals surface area contributed by atoms with E-state index < -0.39 is 0 Å². The molecule has 156 valence electrons. The summed E-state index contributed by atoms with van der Waals surface area (Å²) in [4.78, 5) is 41.4. The van der Waals surface area contributed by atoms with Crippen molar-refractivity contribution in [2.24, 2.45) is 35.5 Å². The van der Waals surface area contributed by atoms with Crippen molar-refractivity contribution in [2.45, 2.75) is 13.3 Å². The monoisotopic (exact) mass is 432 g/mol. The number of benzene rings is 2. The summed E-state index contributed by atoms with van der Waals surface area (Å²) in [6.45, 7) is 1.83. The van der Waals surface area contributed by atoms with Crippen LogP contribution in [0.5, 0.6) is 0 Å². The van der Waals surface area contributed by atoms with Crippen LogP contribution in [0.15, 0.2) is 54.6 Å². The molecule has 7 rings (SSSR count). The average molecular weight is 433 g/mol. The van der Waals surface area contributed by atoms with E-state index in [1.165, 1.54) is 4.90 Å². The van der Waals surface area contributed by atoms with Crippen molar-refractivity contribution in [1.82, 2.24) is 0 Å². The van der Waals surface area contributed by atoms with Crippen molar-refractivity contribution in [2.75, 3.05) is 10.2 Å². The Morgan fingerprint density at radius 1 is 0.968 bits per heavy atom. The number of carbonyl (C=O) groups is 3. The van der Waals surface area contributed by atoms with Crippen molar-refractivity contribution in [3.8, 4) is 0 Å². The van der Waals surface area contributed by atoms with E-state index in [0.717, 1.165) is 12.0 Å². The van der Waals surface area contributed by atoms with Gasteiger partial charge in [-0.1, -0.05) is 42.0 Å². The first-order chi connectivity index (χ1) is 15.0. The molecule has 4 aliphatic carbocycles. The van der Waals surface area contributed by atoms with Crippen molar-refractivity contribution in [1.29, 1.82) is 0 Å². The highest BCUT2D eigenvalue weighted by Gasteiger charge is 2.67. The third-order valence-electron chi connectivity index (χ3n) is 7.57. The molecule has 5 aliphatic rings. The van der Waals surface area contributed by atoms with Crippen LogP contribution in [0.2, 0.25) is 5.02 Å². The van der Waals surface area contributed by atoms with Gasteiger partial charge in [-0.25, -0.2) is 4.90 Å². The minimum atomic E-state index is -0.375. The van der Waals surface area contributed by atoms with Gasteiger partial charge in [0.1, 0.15) is 0 Å². The smallest absolute Gasteiger partial charge is 0.257 e. The van der Waals surface area contributed by atoms with E-state index in [1.807, 2.05) is 6.92 Å². The van der Waals surface area contributed by atoms with Crippen LogP contribution in [0.4, 0.5) is 11.4 Å². The molecule has 3 fully saturated rings. The molecule has 0 unspecified atom stereocenters. The van der Waals surface area contributed by atoms with Crippen LogP contribution < -0.4 is 10.2 Å². The number of nitrogens with zero attached hydrogens (tertiary/aromatic N) is 1. The fourth-order valence-corrected chi connectivity index (χ4v) is 6.16. The van der Waals surface area contributed by atoms with Crippen LogP contribution in [-0.2, 0) is 9.59 Å². The lowest BCUT2D eigenvalue weighted by Crippen LogP contribution is -2.40. The second kappa shape index (κ2) is 6.54. The number of nitrogens with one attached hydrogen (secondary N) is 1. The summed E-state index contributed by atoms with van der Waals surface area (Å²) >= 11 is 6.18. The summed E-state index contributed by atoms with van der Waals surface area (Å²) in [7, 11) is 0. The maximum Gasteiger partial charge on any atom is 0.257 e. The van der Waals surface area contributed by atoms with E-state index >= 15 is 0 Å². The summed E-state index contributed by atoms with van der Waals surface area (Å²) in [5, 5.41) is 3.44. The molecule has 6 atom stereocenters. The predicted molar refractivity (Wildman–Crippen MR) is 118 cm³/mol. The van der Waals surface area contributed by atoms with E-state index in [1.54, 1.807) is 42.5 Å². The Bertz CT molecular complexity index is 1150. The predicted octanol–water partition coefficient (Wildman–Crippen LogP) is 4.46. The molecule has 1 N–H and O–H groups in total. The largest absolute Gasteiger partial charge is 0.322 e. The molecule has 0 spiro atoms. The third kappa shape index (κ3) is 2.59. The van der Waals surface area contributed by atoms with Crippen LogP contribution in [0.25, 0.3) is 0 Å². The molecule has 2 bridgehead atoms. The number of halogens is 1. The first-order valence-corrected chi connectivity index (χ1v) is 11.1. The Kier molecular flexibility index (Phi) is 3.97. The molecule has 1 heterocycles. The fraction of sp³-hybridized carbons (Fsp3) is 0.320. The van der Waals surface area contributed by atoms with Gasteiger partial charge in [-0.15, -0.1) is 0 Å². The first kappa shape index (κ1) is 18.8. The van der Waals surface area contributed by atoms with E-state index in [0.29, 0.717) is 33.8 Å². The average Bonchev–Trinajstić information content (AvgIpc) is 3.55. The van der Waals surface area contributed by atoms with Gasteiger partial charge in [0.05, 0.1) is 23.1 Å². The van der Waals surface area contributed by atoms with Crippen molar-refractivity contribution >= 4 is 40.7 Å². The van der Waals surface area contributed by atoms with Crippen LogP contribution in [-0.4, -0.2) is 17.7 Å². The summed E-state index contributed by atoms with van der Waals surface area (Å²) < 4.78 is 0. The van der Waals surface area contributed by atoms with Crippen LogP contribution in [0, 0.1) is 42.4 Å². The molecule has 0 aromatic heterocycles. The van der Waals surface area contributed by atoms with Crippen LogP contribution >= 0.6 is 11.6 Å². The van der Waals surface area contributed by atoms with Crippen LogP contribution in [0.1, 0.15) is 22.3 Å². The molecular formula is C25H21ClN2O3. The standard InChI is InChI=1S/C25H21ClN2O3/c1-12-18(26)6-4-7-19(12)27-23(29)15-5-2-3-8-20(15)28-24(30)21-13-9-10-14(17-11-16(13)17)22(21)25(28)31/h2-10,13-14,16-17,21-22H,11H2,1H3,(H,27,29)/t13-,14-,16-,17-,21-,22+/m0/s1. The molecule has 5 nitrogen and oxygen atoms in total. The minimum absolute atomic E-state index is 0.150. The topological polar surface area (TPSA) is 66.5 Å². The Morgan fingerprint density at radius 2 is 1.61 bits per heavy atom. The third-order valence-corrected chi connectivity index (χ3v) is 7.98. The van der Waals surface area contributed by atoms with E-state index in [-0.39, 0.29) is 41.4 Å². The van der Waals surface area contributed by atoms with Crippen molar-refractivity contribution < 1.29 is 14.4 Å². The van der Waals surface area contributed by atoms with Gasteiger partial charge < -0.3 is 5.32 Å². The first-order valence-electron chi connectivity index (χ1n) is 10.7. The Morgan fingerprint density at radius 3 is 2.29 bits per heavy atom. The SMILES string of the molecule is Cc1c(Cl)cccc1NC(=O)c1ccccc1N1C(=O)[C@@H]2[C@H]3C=C[C@@H]([C@@H]4C[C@@H]34)[C@@H]2C1=O. The number of carbonyl (C=O) groups excluding carboxylic acids is 3. The number of anilines is 2. The zero-order valence-electron chi connectivity index (χ0n) is 16.9. The summed E-state index contributed by atoms with van der Waals surface area (Å²) in [5.41, 5.74) is 2.02. The lowest BCUT2D eigenvalue weighted by molar-refractivity contribution is -0.124. The summed E-state index contributed by atoms with van der Waals surface area (Å²) in [6, 6.07) is 12.1. The highest BCUT2D eigenvalue weighted by Crippen LogP contribution is 2.65. The molecule has 1 aliphatic heterocycles. The van der Waals surface area contributed by atoms with E-state index in [4.69, 9.17) is 11.6 Å². The van der Waals surface area contributed by atoms with E-state index in [2.05, 4.69) is 17.5 Å². The maximum atomic E-state index is 13.5. The van der Waals surface area contributed by atoms with Gasteiger partial charge in [0, 0.05) is 10.7 Å². The quantitative estimate of drug-likeness (QED) is 0.575. The second-order valence-corrected chi connectivity index (χ2v) is 9.46. The lowest BCUT2D eigenvalue weighted by Gasteiger charge is -2.37. The number of hydrogen-bond donors (Lipinski definition) is 1. The number of imide groups is 1. The fourth-order valence-electron chi connectivity index (χ4n) is 5.99. The van der Waals surface area contributed by atoms with Crippen molar-refractivity contribution in [3.05, 3.63) is 70.8 Å². The molecule has 2 aromatic rings. The second-order valence-electron chi connectivity index (χ2n) is 9.05. The normalized spacial score (nSPS) is 32.1. The molecule has 3 amide bonds. The number of hydrogen-bond acceptors (Lipinski definition) is 3. The highest BCUT2D eigenvalue weighted by atomic mass is 35.5. The Balaban J connectivity index is 1.35. The number of rotatable bonds is 3. The summed E-state index contributed by atoms with van der Waals surface area (Å²) in [5.74, 6) is 0.0796. The molecule has 6 heteroatoms. The van der Waals surface area contributed by atoms with E-state index in [9.17, 15) is 14.4 Å². The minimum Gasteiger partial charge on any atom is -0.322 e. The Hall–Kier alpha value is -2.92. The van der Waals surface area contributed by atoms with Gasteiger partial charge in [-0.3, -0.25) is 14.4 Å². The zero-order valence-corrected chi connectivity index (χ0v) is 17.7. The van der Waals surface area contributed by atoms with Gasteiger partial charge in [-0.05, 0) is 66.8 Å². The maximum absolute atomic E-state index is 13.5. The van der Waals surface area contributed by atoms with Gasteiger partial charge in [0.25, 0.3) is 5.91 Å². The number of amides is 3. The zero-order chi connectivity index (χ0) is 21.4. The summed E-state index contributed by atoms with van der Waals surface area (Å²) in [6.07, 6.45) is 5.41. The molecule has 2 aromatic carbocycles. The highest BCUT2D eigenvalue weighted by molar-refractivity contribution is 6.32. The van der Waals surface area contributed by atoms with Gasteiger partial charge in [-0.2, -0.15) is 0 Å². The molecular weight excluding hydrogens is 412 g/mol. The van der Waals surface area contributed by atoms with Crippen LogP contribution in [0.3, 0.4) is 0 Å². The number of para-hydroxylation sites is 1. The Labute approximate surface area is 185 Å². The molecule has 31 heavy (non-hydrogen) atoms. The van der Waals surface area contributed by atoms with Gasteiger partial charge in [0.15, 0.2) is 0 Å². The van der Waals surface area contributed by atoms with Crippen molar-refractivity contribution in [3.63, 3.8) is 0 Å². The number of allylic oxidation sites excluding steroid dienone is 2.